The van der Waals surface area contributed by atoms with Crippen LogP contribution in [0.25, 0.3) is 0 Å². The highest BCUT2D eigenvalue weighted by molar-refractivity contribution is 5.87. The first-order valence-corrected chi connectivity index (χ1v) is 8.92. The summed E-state index contributed by atoms with van der Waals surface area (Å²) in [6.07, 6.45) is 1.92. The number of anilines is 1. The largest absolute Gasteiger partial charge is 0.371 e. The maximum atomic E-state index is 13.0. The molecule has 0 spiro atoms. The molecule has 4 nitrogen and oxygen atoms in total. The van der Waals surface area contributed by atoms with E-state index >= 15 is 0 Å². The van der Waals surface area contributed by atoms with Gasteiger partial charge in [-0.15, -0.1) is 24.8 Å². The highest BCUT2D eigenvalue weighted by Gasteiger charge is 2.36. The van der Waals surface area contributed by atoms with E-state index in [4.69, 9.17) is 5.73 Å². The molecule has 3 rings (SSSR count). The first-order valence-electron chi connectivity index (χ1n) is 8.92. The van der Waals surface area contributed by atoms with E-state index in [1.54, 1.807) is 0 Å². The Morgan fingerprint density at radius 3 is 2.00 bits per heavy atom. The number of carbonyl (C=O) groups excluding carboxylic acids is 1. The molecule has 0 saturated carbocycles. The number of hydrogen-bond acceptors (Lipinski definition) is 3. The summed E-state index contributed by atoms with van der Waals surface area (Å²) < 4.78 is 0. The minimum absolute atomic E-state index is 0. The molecule has 1 heterocycles. The number of hydrogen-bond donors (Lipinski definition) is 1. The van der Waals surface area contributed by atoms with Crippen LogP contribution in [0.15, 0.2) is 60.7 Å². The lowest BCUT2D eigenvalue weighted by Crippen LogP contribution is -2.54. The van der Waals surface area contributed by atoms with Crippen LogP contribution in [0.1, 0.15) is 25.3 Å². The highest BCUT2D eigenvalue weighted by Crippen LogP contribution is 2.25. The van der Waals surface area contributed by atoms with Crippen LogP contribution >= 0.6 is 24.8 Å². The number of nitrogens with two attached hydrogens (primary N) is 1. The molecule has 0 bridgehead atoms. The van der Waals surface area contributed by atoms with Crippen LogP contribution in [0, 0.1) is 0 Å². The van der Waals surface area contributed by atoms with Crippen molar-refractivity contribution in [1.82, 2.24) is 4.90 Å². The fourth-order valence-corrected chi connectivity index (χ4v) is 3.57. The zero-order valence-corrected chi connectivity index (χ0v) is 17.5. The predicted molar refractivity (Wildman–Crippen MR) is 117 cm³/mol. The zero-order valence-electron chi connectivity index (χ0n) is 15.9. The van der Waals surface area contributed by atoms with Crippen LogP contribution in [0.3, 0.4) is 0 Å². The normalized spacial score (nSPS) is 16.5. The fourth-order valence-electron chi connectivity index (χ4n) is 3.57. The molecule has 1 aliphatic rings. The van der Waals surface area contributed by atoms with Crippen LogP contribution in [-0.2, 0) is 10.3 Å². The van der Waals surface area contributed by atoms with Gasteiger partial charge in [-0.1, -0.05) is 48.5 Å². The SMILES string of the molecule is CN(c1ccccc1)C1CCN(C(=O)C(C)(N)c2ccccc2)CC1.Cl.Cl. The predicted octanol–water partition coefficient (Wildman–Crippen LogP) is 3.83. The second kappa shape index (κ2) is 9.98. The third kappa shape index (κ3) is 5.16. The number of rotatable bonds is 4. The lowest BCUT2D eigenvalue weighted by Gasteiger charge is -2.40. The van der Waals surface area contributed by atoms with E-state index in [-0.39, 0.29) is 30.7 Å². The van der Waals surface area contributed by atoms with Crippen molar-refractivity contribution in [2.45, 2.75) is 31.3 Å². The molecule has 0 radical (unpaired) electrons. The summed E-state index contributed by atoms with van der Waals surface area (Å²) in [4.78, 5) is 17.2. The van der Waals surface area contributed by atoms with Gasteiger partial charge in [0.2, 0.25) is 5.91 Å². The van der Waals surface area contributed by atoms with Gasteiger partial charge >= 0.3 is 0 Å². The van der Waals surface area contributed by atoms with Gasteiger partial charge < -0.3 is 15.5 Å². The van der Waals surface area contributed by atoms with Crippen molar-refractivity contribution in [2.75, 3.05) is 25.0 Å². The van der Waals surface area contributed by atoms with E-state index < -0.39 is 5.54 Å². The van der Waals surface area contributed by atoms with Crippen molar-refractivity contribution in [3.63, 3.8) is 0 Å². The van der Waals surface area contributed by atoms with E-state index in [1.807, 2.05) is 48.2 Å². The molecule has 1 saturated heterocycles. The molecule has 1 atom stereocenters. The Hall–Kier alpha value is -1.75. The van der Waals surface area contributed by atoms with E-state index in [9.17, 15) is 4.79 Å². The van der Waals surface area contributed by atoms with Crippen LogP contribution in [0.5, 0.6) is 0 Å². The second-order valence-electron chi connectivity index (χ2n) is 7.04. The van der Waals surface area contributed by atoms with Crippen molar-refractivity contribution in [1.29, 1.82) is 0 Å². The van der Waals surface area contributed by atoms with Gasteiger partial charge in [-0.25, -0.2) is 0 Å². The van der Waals surface area contributed by atoms with Gasteiger partial charge in [-0.3, -0.25) is 4.79 Å². The summed E-state index contributed by atoms with van der Waals surface area (Å²) in [5.74, 6) is 0.0134. The molecular weight excluding hydrogens is 381 g/mol. The van der Waals surface area contributed by atoms with E-state index in [2.05, 4.69) is 36.2 Å². The Labute approximate surface area is 174 Å². The van der Waals surface area contributed by atoms with Crippen LogP contribution < -0.4 is 10.6 Å². The number of halogens is 2. The Balaban J connectivity index is 0.00000182. The van der Waals surface area contributed by atoms with Crippen LogP contribution in [0.4, 0.5) is 5.69 Å². The Morgan fingerprint density at radius 2 is 1.48 bits per heavy atom. The highest BCUT2D eigenvalue weighted by atomic mass is 35.5. The van der Waals surface area contributed by atoms with Gasteiger partial charge in [0.1, 0.15) is 5.54 Å². The summed E-state index contributed by atoms with van der Waals surface area (Å²) in [6.45, 7) is 3.31. The van der Waals surface area contributed by atoms with Crippen molar-refractivity contribution >= 4 is 36.4 Å². The average Bonchev–Trinajstić information content (AvgIpc) is 2.68. The van der Waals surface area contributed by atoms with Crippen molar-refractivity contribution < 1.29 is 4.79 Å². The molecule has 2 aromatic carbocycles. The monoisotopic (exact) mass is 409 g/mol. The summed E-state index contributed by atoms with van der Waals surface area (Å²) in [5.41, 5.74) is 7.51. The molecule has 6 heteroatoms. The smallest absolute Gasteiger partial charge is 0.246 e. The minimum Gasteiger partial charge on any atom is -0.371 e. The standard InChI is InChI=1S/C21H27N3O.2ClH/c1-21(22,17-9-5-3-6-10-17)20(25)24-15-13-19(14-16-24)23(2)18-11-7-4-8-12-18;;/h3-12,19H,13-16,22H2,1-2H3;2*1H. The summed E-state index contributed by atoms with van der Waals surface area (Å²) in [5, 5.41) is 0. The van der Waals surface area contributed by atoms with E-state index in [0.29, 0.717) is 6.04 Å². The number of piperidine rings is 1. The Kier molecular flexibility index (Phi) is 8.60. The van der Waals surface area contributed by atoms with Gasteiger partial charge in [0.05, 0.1) is 0 Å². The number of likely N-dealkylation sites (tertiary alicyclic amines) is 1. The maximum Gasteiger partial charge on any atom is 0.246 e. The fraction of sp³-hybridized carbons (Fsp3) is 0.381. The molecule has 0 aromatic heterocycles. The molecule has 2 N–H and O–H groups in total. The van der Waals surface area contributed by atoms with Gasteiger partial charge in [0.25, 0.3) is 0 Å². The van der Waals surface area contributed by atoms with Gasteiger partial charge in [0, 0.05) is 31.9 Å². The number of carbonyl (C=O) groups is 1. The van der Waals surface area contributed by atoms with Crippen LogP contribution in [0.2, 0.25) is 0 Å². The topological polar surface area (TPSA) is 49.6 Å². The Bertz CT molecular complexity index is 702. The van der Waals surface area contributed by atoms with Gasteiger partial charge in [0.15, 0.2) is 0 Å². The molecule has 1 aliphatic heterocycles. The molecule has 148 valence electrons. The van der Waals surface area contributed by atoms with E-state index in [1.165, 1.54) is 5.69 Å². The second-order valence-corrected chi connectivity index (χ2v) is 7.04. The molecule has 2 aromatic rings. The molecular formula is C21H29Cl2N3O. The van der Waals surface area contributed by atoms with Crippen LogP contribution in [-0.4, -0.2) is 37.0 Å². The third-order valence-corrected chi connectivity index (χ3v) is 5.28. The number of benzene rings is 2. The number of para-hydroxylation sites is 1. The quantitative estimate of drug-likeness (QED) is 0.834. The Morgan fingerprint density at radius 1 is 1.00 bits per heavy atom. The first kappa shape index (κ1) is 23.3. The zero-order chi connectivity index (χ0) is 17.9. The lowest BCUT2D eigenvalue weighted by atomic mass is 9.90. The lowest BCUT2D eigenvalue weighted by molar-refractivity contribution is -0.137. The maximum absolute atomic E-state index is 13.0. The average molecular weight is 410 g/mol. The summed E-state index contributed by atoms with van der Waals surface area (Å²) >= 11 is 0. The van der Waals surface area contributed by atoms with Crippen molar-refractivity contribution in [2.24, 2.45) is 5.73 Å². The summed E-state index contributed by atoms with van der Waals surface area (Å²) in [6, 6.07) is 20.5. The first-order chi connectivity index (χ1) is 12.0. The molecule has 27 heavy (non-hydrogen) atoms. The summed E-state index contributed by atoms with van der Waals surface area (Å²) in [7, 11) is 2.13. The van der Waals surface area contributed by atoms with Crippen molar-refractivity contribution in [3.8, 4) is 0 Å². The van der Waals surface area contributed by atoms with Gasteiger partial charge in [-0.05, 0) is 37.5 Å². The number of amides is 1. The minimum atomic E-state index is -0.973. The van der Waals surface area contributed by atoms with E-state index in [0.717, 1.165) is 31.5 Å². The van der Waals surface area contributed by atoms with Crippen molar-refractivity contribution in [3.05, 3.63) is 66.2 Å². The third-order valence-electron chi connectivity index (χ3n) is 5.28. The van der Waals surface area contributed by atoms with Gasteiger partial charge in [-0.2, -0.15) is 0 Å². The number of nitrogens with zero attached hydrogens (tertiary/aromatic N) is 2. The molecule has 1 fully saturated rings. The molecule has 0 aliphatic carbocycles. The molecule has 1 amide bonds. The molecule has 1 unspecified atom stereocenters.